The lowest BCUT2D eigenvalue weighted by Gasteiger charge is -2.21. The van der Waals surface area contributed by atoms with Crippen LogP contribution in [-0.4, -0.2) is 60.1 Å². The molecular formula is C12H18N2O3S. The van der Waals surface area contributed by atoms with Crippen LogP contribution in [0.15, 0.2) is 29.4 Å². The maximum absolute atomic E-state index is 11.9. The van der Waals surface area contributed by atoms with E-state index in [0.29, 0.717) is 25.4 Å². The molecular weight excluding hydrogens is 252 g/mol. The van der Waals surface area contributed by atoms with E-state index in [2.05, 4.69) is 4.98 Å². The fraction of sp³-hybridized carbons (Fsp3) is 0.500. The molecule has 0 saturated heterocycles. The van der Waals surface area contributed by atoms with Gasteiger partial charge in [0.1, 0.15) is 0 Å². The summed E-state index contributed by atoms with van der Waals surface area (Å²) in [5.74, 6) is 0.358. The molecule has 0 spiro atoms. The van der Waals surface area contributed by atoms with Crippen LogP contribution in [0.1, 0.15) is 0 Å². The zero-order chi connectivity index (χ0) is 13.2. The predicted molar refractivity (Wildman–Crippen MR) is 70.5 cm³/mol. The molecule has 0 aliphatic carbocycles. The Morgan fingerprint density at radius 2 is 2.17 bits per heavy atom. The van der Waals surface area contributed by atoms with Crippen LogP contribution < -0.4 is 0 Å². The van der Waals surface area contributed by atoms with E-state index < -0.39 is 0 Å². The number of aromatic nitrogens is 1. The average Bonchev–Trinajstić information content (AvgIpc) is 2.42. The van der Waals surface area contributed by atoms with Crippen molar-refractivity contribution in [2.45, 2.75) is 4.90 Å². The van der Waals surface area contributed by atoms with E-state index in [9.17, 15) is 4.79 Å². The quantitative estimate of drug-likeness (QED) is 0.702. The van der Waals surface area contributed by atoms with Crippen LogP contribution in [0.4, 0.5) is 0 Å². The fourth-order valence-corrected chi connectivity index (χ4v) is 2.14. The minimum absolute atomic E-state index is 0.00270. The van der Waals surface area contributed by atoms with Crippen LogP contribution >= 0.6 is 11.8 Å². The molecule has 100 valence electrons. The number of methoxy groups -OCH3 is 1. The molecule has 18 heavy (non-hydrogen) atoms. The maximum atomic E-state index is 11.9. The number of rotatable bonds is 8. The lowest BCUT2D eigenvalue weighted by Crippen LogP contribution is -2.37. The van der Waals surface area contributed by atoms with E-state index >= 15 is 0 Å². The number of aliphatic hydroxyl groups is 1. The number of carbonyl (C=O) groups excluding carboxylic acids is 1. The van der Waals surface area contributed by atoms with E-state index in [1.165, 1.54) is 11.8 Å². The molecule has 0 aliphatic heterocycles. The Morgan fingerprint density at radius 1 is 1.44 bits per heavy atom. The monoisotopic (exact) mass is 270 g/mol. The summed E-state index contributed by atoms with van der Waals surface area (Å²) in [5, 5.41) is 8.92. The van der Waals surface area contributed by atoms with Gasteiger partial charge in [-0.15, -0.1) is 11.8 Å². The van der Waals surface area contributed by atoms with Crippen LogP contribution in [0.3, 0.4) is 0 Å². The number of aliphatic hydroxyl groups excluding tert-OH is 1. The van der Waals surface area contributed by atoms with Crippen LogP contribution in [-0.2, 0) is 9.53 Å². The fourth-order valence-electron chi connectivity index (χ4n) is 1.35. The molecule has 6 heteroatoms. The third-order valence-electron chi connectivity index (χ3n) is 2.30. The first kappa shape index (κ1) is 14.9. The zero-order valence-corrected chi connectivity index (χ0v) is 11.2. The average molecular weight is 270 g/mol. The summed E-state index contributed by atoms with van der Waals surface area (Å²) in [7, 11) is 1.59. The maximum Gasteiger partial charge on any atom is 0.233 e. The molecule has 1 rings (SSSR count). The second-order valence-corrected chi connectivity index (χ2v) is 4.62. The van der Waals surface area contributed by atoms with Gasteiger partial charge in [0.15, 0.2) is 0 Å². The molecule has 0 radical (unpaired) electrons. The van der Waals surface area contributed by atoms with Crippen LogP contribution in [0.25, 0.3) is 0 Å². The third kappa shape index (κ3) is 5.48. The van der Waals surface area contributed by atoms with Gasteiger partial charge in [-0.2, -0.15) is 0 Å². The van der Waals surface area contributed by atoms with Gasteiger partial charge < -0.3 is 14.7 Å². The molecule has 0 atom stereocenters. The number of hydrogen-bond donors (Lipinski definition) is 1. The van der Waals surface area contributed by atoms with Crippen molar-refractivity contribution in [2.24, 2.45) is 0 Å². The molecule has 1 aromatic rings. The summed E-state index contributed by atoms with van der Waals surface area (Å²) in [6.45, 7) is 1.30. The Balaban J connectivity index is 2.40. The Labute approximate surface area is 111 Å². The summed E-state index contributed by atoms with van der Waals surface area (Å²) < 4.78 is 4.94. The summed E-state index contributed by atoms with van der Waals surface area (Å²) in [6, 6.07) is 3.73. The first-order valence-electron chi connectivity index (χ1n) is 5.68. The molecule has 0 bridgehead atoms. The molecule has 0 aliphatic rings. The minimum Gasteiger partial charge on any atom is -0.395 e. The molecule has 0 saturated carbocycles. The van der Waals surface area contributed by atoms with Gasteiger partial charge in [-0.1, -0.05) is 0 Å². The van der Waals surface area contributed by atoms with Gasteiger partial charge in [0.2, 0.25) is 5.91 Å². The van der Waals surface area contributed by atoms with Gasteiger partial charge in [-0.25, -0.2) is 0 Å². The largest absolute Gasteiger partial charge is 0.395 e. The molecule has 0 aromatic carbocycles. The highest BCUT2D eigenvalue weighted by Gasteiger charge is 2.12. The topological polar surface area (TPSA) is 62.7 Å². The predicted octanol–water partition coefficient (Wildman–Crippen LogP) is 0.641. The van der Waals surface area contributed by atoms with Crippen molar-refractivity contribution in [3.63, 3.8) is 0 Å². The van der Waals surface area contributed by atoms with E-state index in [-0.39, 0.29) is 12.5 Å². The van der Waals surface area contributed by atoms with Gasteiger partial charge in [0.25, 0.3) is 0 Å². The number of ether oxygens (including phenoxy) is 1. The lowest BCUT2D eigenvalue weighted by atomic mass is 10.4. The Morgan fingerprint density at radius 3 is 2.78 bits per heavy atom. The van der Waals surface area contributed by atoms with Gasteiger partial charge in [0.05, 0.1) is 19.0 Å². The van der Waals surface area contributed by atoms with Crippen molar-refractivity contribution in [1.29, 1.82) is 0 Å². The lowest BCUT2D eigenvalue weighted by molar-refractivity contribution is -0.129. The number of amides is 1. The zero-order valence-electron chi connectivity index (χ0n) is 10.4. The molecule has 1 aromatic heterocycles. The highest BCUT2D eigenvalue weighted by Crippen LogP contribution is 2.16. The SMILES string of the molecule is COCCN(CCO)C(=O)CSc1ccncc1. The molecule has 0 unspecified atom stereocenters. The Bertz CT molecular complexity index is 348. The van der Waals surface area contributed by atoms with Crippen molar-refractivity contribution < 1.29 is 14.6 Å². The van der Waals surface area contributed by atoms with E-state index in [4.69, 9.17) is 9.84 Å². The highest BCUT2D eigenvalue weighted by molar-refractivity contribution is 8.00. The smallest absolute Gasteiger partial charge is 0.233 e. The van der Waals surface area contributed by atoms with Gasteiger partial charge in [-0.05, 0) is 12.1 Å². The molecule has 1 heterocycles. The van der Waals surface area contributed by atoms with Crippen molar-refractivity contribution in [2.75, 3.05) is 39.2 Å². The molecule has 1 amide bonds. The summed E-state index contributed by atoms with van der Waals surface area (Å²) >= 11 is 1.46. The van der Waals surface area contributed by atoms with Crippen molar-refractivity contribution in [3.05, 3.63) is 24.5 Å². The standard InChI is InChI=1S/C12H18N2O3S/c1-17-9-7-14(6-8-15)12(16)10-18-11-2-4-13-5-3-11/h2-5,15H,6-10H2,1H3. The van der Waals surface area contributed by atoms with Crippen molar-refractivity contribution >= 4 is 17.7 Å². The number of carbonyl (C=O) groups is 1. The third-order valence-corrected chi connectivity index (χ3v) is 3.30. The molecule has 5 nitrogen and oxygen atoms in total. The summed E-state index contributed by atoms with van der Waals surface area (Å²) in [5.41, 5.74) is 0. The van der Waals surface area contributed by atoms with E-state index in [1.54, 1.807) is 24.4 Å². The second-order valence-electron chi connectivity index (χ2n) is 3.57. The highest BCUT2D eigenvalue weighted by atomic mass is 32.2. The van der Waals surface area contributed by atoms with Gasteiger partial charge in [-0.3, -0.25) is 9.78 Å². The number of nitrogens with zero attached hydrogens (tertiary/aromatic N) is 2. The first-order valence-corrected chi connectivity index (χ1v) is 6.67. The molecule has 1 N–H and O–H groups in total. The summed E-state index contributed by atoms with van der Waals surface area (Å²) in [6.07, 6.45) is 3.40. The normalized spacial score (nSPS) is 10.3. The Kier molecular flexibility index (Phi) is 7.40. The van der Waals surface area contributed by atoms with Gasteiger partial charge >= 0.3 is 0 Å². The van der Waals surface area contributed by atoms with Crippen molar-refractivity contribution in [3.8, 4) is 0 Å². The molecule has 0 fully saturated rings. The van der Waals surface area contributed by atoms with Crippen LogP contribution in [0.5, 0.6) is 0 Å². The Hall–Kier alpha value is -1.11. The van der Waals surface area contributed by atoms with E-state index in [0.717, 1.165) is 4.90 Å². The van der Waals surface area contributed by atoms with Crippen LogP contribution in [0, 0.1) is 0 Å². The number of pyridine rings is 1. The number of thioether (sulfide) groups is 1. The summed E-state index contributed by atoms with van der Waals surface area (Å²) in [4.78, 5) is 18.5. The first-order chi connectivity index (χ1) is 8.77. The second kappa shape index (κ2) is 8.91. The van der Waals surface area contributed by atoms with Crippen molar-refractivity contribution in [1.82, 2.24) is 9.88 Å². The minimum atomic E-state index is -0.0324. The van der Waals surface area contributed by atoms with Crippen LogP contribution in [0.2, 0.25) is 0 Å². The van der Waals surface area contributed by atoms with E-state index in [1.807, 2.05) is 12.1 Å². The number of hydrogen-bond acceptors (Lipinski definition) is 5. The van der Waals surface area contributed by atoms with Gasteiger partial charge in [0, 0.05) is 37.5 Å².